The smallest absolute Gasteiger partial charge is 0.316 e. The van der Waals surface area contributed by atoms with Crippen LogP contribution in [0.1, 0.15) is 37.8 Å². The van der Waals surface area contributed by atoms with Crippen LogP contribution in [0.25, 0.3) is 0 Å². The van der Waals surface area contributed by atoms with E-state index in [0.29, 0.717) is 5.69 Å². The van der Waals surface area contributed by atoms with E-state index >= 15 is 0 Å². The lowest BCUT2D eigenvalue weighted by molar-refractivity contribution is -0.125. The van der Waals surface area contributed by atoms with Gasteiger partial charge in [-0.25, -0.2) is 4.79 Å². The highest BCUT2D eigenvalue weighted by molar-refractivity contribution is 5.87. The van der Waals surface area contributed by atoms with Gasteiger partial charge in [0.2, 0.25) is 5.91 Å². The van der Waals surface area contributed by atoms with Crippen molar-refractivity contribution in [2.45, 2.75) is 38.3 Å². The number of amides is 3. The molecule has 0 aromatic heterocycles. The summed E-state index contributed by atoms with van der Waals surface area (Å²) < 4.78 is 0. The third-order valence-electron chi connectivity index (χ3n) is 3.88. The fourth-order valence-electron chi connectivity index (χ4n) is 2.67. The van der Waals surface area contributed by atoms with Gasteiger partial charge in [-0.1, -0.05) is 12.1 Å². The summed E-state index contributed by atoms with van der Waals surface area (Å²) in [7, 11) is 0. The quantitative estimate of drug-likeness (QED) is 0.678. The topological polar surface area (TPSA) is 110 Å². The van der Waals surface area contributed by atoms with Crippen LogP contribution in [-0.2, 0) is 4.79 Å². The summed E-state index contributed by atoms with van der Waals surface area (Å²) in [6.07, 6.45) is 2.54. The molecule has 3 amide bonds. The molecule has 0 radical (unpaired) electrons. The lowest BCUT2D eigenvalue weighted by Gasteiger charge is -2.18. The maximum atomic E-state index is 12.1. The molecule has 22 heavy (non-hydrogen) atoms. The van der Waals surface area contributed by atoms with Crippen molar-refractivity contribution >= 4 is 30.0 Å². The van der Waals surface area contributed by atoms with E-state index in [-0.39, 0.29) is 36.3 Å². The van der Waals surface area contributed by atoms with Gasteiger partial charge in [0, 0.05) is 17.6 Å². The summed E-state index contributed by atoms with van der Waals surface area (Å²) in [4.78, 5) is 22.9. The molecule has 1 aliphatic rings. The minimum atomic E-state index is -0.596. The number of halogens is 1. The molecule has 1 aliphatic carbocycles. The Balaban J connectivity index is 0.00000242. The van der Waals surface area contributed by atoms with E-state index in [1.807, 2.05) is 19.1 Å². The summed E-state index contributed by atoms with van der Waals surface area (Å²) in [5.74, 6) is 0.0908. The fraction of sp³-hybridized carbons (Fsp3) is 0.467. The molecule has 3 atom stereocenters. The van der Waals surface area contributed by atoms with E-state index < -0.39 is 6.03 Å². The number of hydrogen-bond acceptors (Lipinski definition) is 3. The average molecular weight is 327 g/mol. The molecule has 1 aromatic rings. The molecule has 0 aliphatic heterocycles. The number of hydrogen-bond donors (Lipinski definition) is 4. The highest BCUT2D eigenvalue weighted by Crippen LogP contribution is 2.25. The first kappa shape index (κ1) is 18.3. The van der Waals surface area contributed by atoms with Crippen LogP contribution in [0.5, 0.6) is 0 Å². The van der Waals surface area contributed by atoms with E-state index in [1.54, 1.807) is 12.1 Å². The van der Waals surface area contributed by atoms with Crippen molar-refractivity contribution in [2.24, 2.45) is 17.4 Å². The molecule has 1 aromatic carbocycles. The van der Waals surface area contributed by atoms with Gasteiger partial charge in [-0.2, -0.15) is 0 Å². The van der Waals surface area contributed by atoms with E-state index in [0.717, 1.165) is 24.8 Å². The second-order valence-electron chi connectivity index (χ2n) is 5.61. The lowest BCUT2D eigenvalue weighted by atomic mass is 10.0. The standard InChI is InChI=1S/C15H22N4O2.ClH/c1-9(18-14(20)11-2-5-12(16)8-11)10-3-6-13(7-4-10)19-15(17)21;/h3-4,6-7,9,11-12H,2,5,8,16H2,1H3,(H,18,20)(H3,17,19,21);1H. The van der Waals surface area contributed by atoms with Crippen molar-refractivity contribution in [3.8, 4) is 0 Å². The number of urea groups is 1. The van der Waals surface area contributed by atoms with Crippen LogP contribution < -0.4 is 22.1 Å². The monoisotopic (exact) mass is 326 g/mol. The number of rotatable bonds is 4. The van der Waals surface area contributed by atoms with Crippen LogP contribution in [0, 0.1) is 5.92 Å². The highest BCUT2D eigenvalue weighted by Gasteiger charge is 2.28. The van der Waals surface area contributed by atoms with Crippen LogP contribution in [0.2, 0.25) is 0 Å². The van der Waals surface area contributed by atoms with Gasteiger partial charge in [0.15, 0.2) is 0 Å². The summed E-state index contributed by atoms with van der Waals surface area (Å²) in [5.41, 5.74) is 12.5. The normalized spacial score (nSPS) is 21.5. The summed E-state index contributed by atoms with van der Waals surface area (Å²) in [6, 6.07) is 6.70. The Hall–Kier alpha value is -1.79. The Morgan fingerprint density at radius 1 is 1.23 bits per heavy atom. The molecule has 6 N–H and O–H groups in total. The summed E-state index contributed by atoms with van der Waals surface area (Å²) in [6.45, 7) is 1.93. The third kappa shape index (κ3) is 4.89. The van der Waals surface area contributed by atoms with Gasteiger partial charge in [0.1, 0.15) is 0 Å². The highest BCUT2D eigenvalue weighted by atomic mass is 35.5. The Labute approximate surface area is 136 Å². The predicted molar refractivity (Wildman–Crippen MR) is 88.8 cm³/mol. The zero-order valence-corrected chi connectivity index (χ0v) is 13.4. The SMILES string of the molecule is CC(NC(=O)C1CCC(N)C1)c1ccc(NC(N)=O)cc1.Cl. The second-order valence-corrected chi connectivity index (χ2v) is 5.61. The molecule has 0 bridgehead atoms. The molecule has 6 nitrogen and oxygen atoms in total. The van der Waals surface area contributed by atoms with Gasteiger partial charge in [-0.15, -0.1) is 12.4 Å². The number of benzene rings is 1. The van der Waals surface area contributed by atoms with Gasteiger partial charge >= 0.3 is 6.03 Å². The Kier molecular flexibility index (Phi) is 6.64. The van der Waals surface area contributed by atoms with E-state index in [9.17, 15) is 9.59 Å². The van der Waals surface area contributed by atoms with Crippen LogP contribution in [0.4, 0.5) is 10.5 Å². The predicted octanol–water partition coefficient (Wildman–Crippen LogP) is 1.90. The van der Waals surface area contributed by atoms with Crippen LogP contribution in [0.15, 0.2) is 24.3 Å². The van der Waals surface area contributed by atoms with Crippen molar-refractivity contribution < 1.29 is 9.59 Å². The Morgan fingerprint density at radius 3 is 2.36 bits per heavy atom. The zero-order chi connectivity index (χ0) is 15.4. The number of carbonyl (C=O) groups is 2. The molecule has 0 spiro atoms. The molecule has 1 fully saturated rings. The minimum absolute atomic E-state index is 0. The van der Waals surface area contributed by atoms with Crippen molar-refractivity contribution in [1.29, 1.82) is 0 Å². The first-order chi connectivity index (χ1) is 9.95. The Bertz CT molecular complexity index is 521. The molecular formula is C15H23ClN4O2. The van der Waals surface area contributed by atoms with E-state index in [4.69, 9.17) is 11.5 Å². The van der Waals surface area contributed by atoms with Gasteiger partial charge in [-0.3, -0.25) is 4.79 Å². The van der Waals surface area contributed by atoms with Gasteiger partial charge in [-0.05, 0) is 43.9 Å². The molecule has 2 rings (SSSR count). The van der Waals surface area contributed by atoms with Crippen molar-refractivity contribution in [3.63, 3.8) is 0 Å². The first-order valence-electron chi connectivity index (χ1n) is 7.18. The maximum absolute atomic E-state index is 12.1. The van der Waals surface area contributed by atoms with Crippen LogP contribution in [-0.4, -0.2) is 18.0 Å². The molecule has 0 heterocycles. The zero-order valence-electron chi connectivity index (χ0n) is 12.5. The number of primary amides is 1. The van der Waals surface area contributed by atoms with Crippen molar-refractivity contribution in [3.05, 3.63) is 29.8 Å². The molecule has 3 unspecified atom stereocenters. The number of nitrogens with two attached hydrogens (primary N) is 2. The lowest BCUT2D eigenvalue weighted by Crippen LogP contribution is -2.32. The molecule has 1 saturated carbocycles. The van der Waals surface area contributed by atoms with Crippen LogP contribution in [0.3, 0.4) is 0 Å². The maximum Gasteiger partial charge on any atom is 0.316 e. The minimum Gasteiger partial charge on any atom is -0.351 e. The van der Waals surface area contributed by atoms with Gasteiger partial charge in [0.25, 0.3) is 0 Å². The third-order valence-corrected chi connectivity index (χ3v) is 3.88. The van der Waals surface area contributed by atoms with E-state index in [1.165, 1.54) is 0 Å². The average Bonchev–Trinajstić information content (AvgIpc) is 2.85. The van der Waals surface area contributed by atoms with Gasteiger partial charge in [0.05, 0.1) is 6.04 Å². The molecule has 0 saturated heterocycles. The van der Waals surface area contributed by atoms with Crippen LogP contribution >= 0.6 is 12.4 Å². The summed E-state index contributed by atoms with van der Waals surface area (Å²) in [5, 5.41) is 5.51. The van der Waals surface area contributed by atoms with Gasteiger partial charge < -0.3 is 22.1 Å². The number of anilines is 1. The molecule has 122 valence electrons. The number of carbonyl (C=O) groups excluding carboxylic acids is 2. The number of nitrogens with one attached hydrogen (secondary N) is 2. The second kappa shape index (κ2) is 8.00. The molecular weight excluding hydrogens is 304 g/mol. The summed E-state index contributed by atoms with van der Waals surface area (Å²) >= 11 is 0. The largest absolute Gasteiger partial charge is 0.351 e. The molecule has 7 heteroatoms. The fourth-order valence-corrected chi connectivity index (χ4v) is 2.67. The van der Waals surface area contributed by atoms with Crippen molar-refractivity contribution in [1.82, 2.24) is 5.32 Å². The Morgan fingerprint density at radius 2 is 1.86 bits per heavy atom. The van der Waals surface area contributed by atoms with Crippen molar-refractivity contribution in [2.75, 3.05) is 5.32 Å². The first-order valence-corrected chi connectivity index (χ1v) is 7.18. The van der Waals surface area contributed by atoms with E-state index in [2.05, 4.69) is 10.6 Å².